The fourth-order valence-electron chi connectivity index (χ4n) is 3.37. The normalized spacial score (nSPS) is 12.9. The first kappa shape index (κ1) is 21.8. The summed E-state index contributed by atoms with van der Waals surface area (Å²) in [4.78, 5) is 0. The third-order valence-corrected chi connectivity index (χ3v) is 7.56. The maximum atomic E-state index is 14.5. The first-order valence-electron chi connectivity index (χ1n) is 9.45. The fraction of sp³-hybridized carbons (Fsp3) is 0. The molecule has 0 saturated carbocycles. The van der Waals surface area contributed by atoms with E-state index >= 15 is 0 Å². The third kappa shape index (κ3) is 3.69. The van der Waals surface area contributed by atoms with Gasteiger partial charge in [-0.25, -0.2) is 22.0 Å². The molecule has 4 rings (SSSR count). The van der Waals surface area contributed by atoms with E-state index in [1.165, 1.54) is 18.2 Å². The van der Waals surface area contributed by atoms with Crippen LogP contribution in [0.4, 0.5) is 27.6 Å². The maximum absolute atomic E-state index is 14.5. The Hall–Kier alpha value is -3.44. The van der Waals surface area contributed by atoms with Gasteiger partial charge in [-0.3, -0.25) is 4.57 Å². The van der Waals surface area contributed by atoms with Crippen molar-refractivity contribution in [1.29, 1.82) is 0 Å². The van der Waals surface area contributed by atoms with Gasteiger partial charge in [-0.1, -0.05) is 66.7 Å². The minimum atomic E-state index is -4.14. The molecule has 32 heavy (non-hydrogen) atoms. The quantitative estimate of drug-likeness (QED) is 0.162. The summed E-state index contributed by atoms with van der Waals surface area (Å²) in [6.45, 7) is 0. The molecule has 0 amide bonds. The Kier molecular flexibility index (Phi) is 5.85. The predicted octanol–water partition coefficient (Wildman–Crippen LogP) is 6.39. The van der Waals surface area contributed by atoms with Crippen molar-refractivity contribution < 1.29 is 26.5 Å². The summed E-state index contributed by atoms with van der Waals surface area (Å²) >= 11 is 0. The van der Waals surface area contributed by atoms with Gasteiger partial charge in [-0.15, -0.1) is 0 Å². The number of halogens is 5. The molecule has 0 saturated heterocycles. The highest BCUT2D eigenvalue weighted by atomic mass is 31.2. The van der Waals surface area contributed by atoms with Gasteiger partial charge < -0.3 is 5.09 Å². The van der Waals surface area contributed by atoms with E-state index in [0.717, 1.165) is 0 Å². The smallest absolute Gasteiger partial charge is 0.227 e. The molecule has 0 bridgehead atoms. The van der Waals surface area contributed by atoms with E-state index in [2.05, 4.69) is 5.09 Å². The molecule has 0 spiro atoms. The van der Waals surface area contributed by atoms with E-state index < -0.39 is 42.1 Å². The van der Waals surface area contributed by atoms with Crippen LogP contribution in [0.5, 0.6) is 0 Å². The predicted molar refractivity (Wildman–Crippen MR) is 115 cm³/mol. The lowest BCUT2D eigenvalue weighted by Crippen LogP contribution is -2.24. The SMILES string of the molecule is O=P(Nc1c(F)c(F)c(F)c(F)c1F)(c1ccccc1)c1ccccc1-c1ccccc1. The first-order valence-corrected chi connectivity index (χ1v) is 11.2. The molecule has 1 N–H and O–H groups in total. The Balaban J connectivity index is 1.99. The molecule has 162 valence electrons. The highest BCUT2D eigenvalue weighted by molar-refractivity contribution is 7.80. The maximum Gasteiger partial charge on any atom is 0.227 e. The molecule has 4 aromatic carbocycles. The van der Waals surface area contributed by atoms with Crippen molar-refractivity contribution in [3.8, 4) is 11.1 Å². The molecule has 0 aliphatic carbocycles. The van der Waals surface area contributed by atoms with Crippen molar-refractivity contribution in [2.45, 2.75) is 0 Å². The van der Waals surface area contributed by atoms with Gasteiger partial charge in [-0.2, -0.15) is 0 Å². The molecule has 1 atom stereocenters. The summed E-state index contributed by atoms with van der Waals surface area (Å²) in [5.41, 5.74) is -0.202. The number of anilines is 1. The van der Waals surface area contributed by atoms with Crippen LogP contribution >= 0.6 is 7.29 Å². The highest BCUT2D eigenvalue weighted by Gasteiger charge is 2.35. The Morgan fingerprint density at radius 2 is 1.03 bits per heavy atom. The summed E-state index contributed by atoms with van der Waals surface area (Å²) in [7, 11) is -4.14. The van der Waals surface area contributed by atoms with Crippen LogP contribution in [0.2, 0.25) is 0 Å². The lowest BCUT2D eigenvalue weighted by Gasteiger charge is -2.25. The van der Waals surface area contributed by atoms with Gasteiger partial charge in [0.1, 0.15) is 5.69 Å². The Morgan fingerprint density at radius 1 is 0.562 bits per heavy atom. The van der Waals surface area contributed by atoms with Gasteiger partial charge in [0, 0.05) is 10.6 Å². The zero-order chi connectivity index (χ0) is 22.9. The van der Waals surface area contributed by atoms with Crippen LogP contribution in [-0.4, -0.2) is 0 Å². The van der Waals surface area contributed by atoms with Crippen molar-refractivity contribution in [3.63, 3.8) is 0 Å². The molecule has 0 aliphatic rings. The molecule has 0 fully saturated rings. The fourth-order valence-corrected chi connectivity index (χ4v) is 5.84. The van der Waals surface area contributed by atoms with Crippen molar-refractivity contribution in [2.24, 2.45) is 0 Å². The third-order valence-electron chi connectivity index (χ3n) is 4.93. The average Bonchev–Trinajstić information content (AvgIpc) is 2.85. The van der Waals surface area contributed by atoms with E-state index in [1.54, 1.807) is 66.7 Å². The van der Waals surface area contributed by atoms with Crippen LogP contribution in [0.1, 0.15) is 0 Å². The van der Waals surface area contributed by atoms with E-state index in [4.69, 9.17) is 0 Å². The second-order valence-electron chi connectivity index (χ2n) is 6.88. The number of hydrogen-bond acceptors (Lipinski definition) is 1. The standard InChI is InChI=1S/C24H15F5NOP/c25-19-20(26)22(28)24(23(29)21(19)27)30-32(31,16-11-5-2-6-12-16)18-14-8-7-13-17(18)15-9-3-1-4-10-15/h1-14H,(H,30,31). The molecule has 4 aromatic rings. The average molecular weight is 459 g/mol. The largest absolute Gasteiger partial charge is 0.324 e. The molecular formula is C24H15F5NOP. The Labute approximate surface area is 180 Å². The van der Waals surface area contributed by atoms with Gasteiger partial charge >= 0.3 is 0 Å². The highest BCUT2D eigenvalue weighted by Crippen LogP contribution is 2.47. The topological polar surface area (TPSA) is 29.1 Å². The molecule has 2 nitrogen and oxygen atoms in total. The summed E-state index contributed by atoms with van der Waals surface area (Å²) in [6.07, 6.45) is 0. The second-order valence-corrected chi connectivity index (χ2v) is 9.33. The lowest BCUT2D eigenvalue weighted by molar-refractivity contribution is 0.382. The van der Waals surface area contributed by atoms with E-state index in [0.29, 0.717) is 11.1 Å². The molecule has 0 aliphatic heterocycles. The zero-order valence-electron chi connectivity index (χ0n) is 16.3. The number of rotatable bonds is 5. The Morgan fingerprint density at radius 3 is 1.62 bits per heavy atom. The van der Waals surface area contributed by atoms with Crippen molar-refractivity contribution in [3.05, 3.63) is 114 Å². The number of benzene rings is 4. The van der Waals surface area contributed by atoms with Gasteiger partial charge in [0.2, 0.25) is 13.1 Å². The van der Waals surface area contributed by atoms with E-state index in [1.807, 2.05) is 0 Å². The van der Waals surface area contributed by atoms with Gasteiger partial charge in [0.25, 0.3) is 0 Å². The van der Waals surface area contributed by atoms with Crippen LogP contribution < -0.4 is 15.7 Å². The van der Waals surface area contributed by atoms with Gasteiger partial charge in [0.05, 0.1) is 0 Å². The zero-order valence-corrected chi connectivity index (χ0v) is 17.2. The van der Waals surface area contributed by atoms with Crippen LogP contribution in [-0.2, 0) is 4.57 Å². The lowest BCUT2D eigenvalue weighted by atomic mass is 10.1. The van der Waals surface area contributed by atoms with Gasteiger partial charge in [-0.05, 0) is 29.3 Å². The summed E-state index contributed by atoms with van der Waals surface area (Å²) in [6, 6.07) is 23.0. The summed E-state index contributed by atoms with van der Waals surface area (Å²) in [5.74, 6) is -10.7. The number of hydrogen-bond donors (Lipinski definition) is 1. The molecule has 0 radical (unpaired) electrons. The minimum absolute atomic E-state index is 0.132. The van der Waals surface area contributed by atoms with E-state index in [9.17, 15) is 26.5 Å². The van der Waals surface area contributed by atoms with Crippen molar-refractivity contribution in [1.82, 2.24) is 0 Å². The monoisotopic (exact) mass is 459 g/mol. The second kappa shape index (κ2) is 8.60. The molecule has 1 unspecified atom stereocenters. The Bertz CT molecular complexity index is 1300. The van der Waals surface area contributed by atoms with Crippen LogP contribution in [0.25, 0.3) is 11.1 Å². The minimum Gasteiger partial charge on any atom is -0.324 e. The summed E-state index contributed by atoms with van der Waals surface area (Å²) in [5, 5.41) is 2.49. The van der Waals surface area contributed by atoms with Crippen LogP contribution in [0, 0.1) is 29.1 Å². The molecule has 8 heteroatoms. The number of nitrogens with one attached hydrogen (secondary N) is 1. The van der Waals surface area contributed by atoms with E-state index in [-0.39, 0.29) is 10.6 Å². The molecule has 0 heterocycles. The van der Waals surface area contributed by atoms with Gasteiger partial charge in [0.15, 0.2) is 23.3 Å². The van der Waals surface area contributed by atoms with Crippen molar-refractivity contribution >= 4 is 23.6 Å². The molecule has 0 aromatic heterocycles. The van der Waals surface area contributed by atoms with Crippen molar-refractivity contribution in [2.75, 3.05) is 5.09 Å². The summed E-state index contributed by atoms with van der Waals surface area (Å²) < 4.78 is 84.6. The molecular weight excluding hydrogens is 444 g/mol. The van der Waals surface area contributed by atoms with Crippen LogP contribution in [0.3, 0.4) is 0 Å². The first-order chi connectivity index (χ1) is 15.3. The van der Waals surface area contributed by atoms with Crippen LogP contribution in [0.15, 0.2) is 84.9 Å².